The van der Waals surface area contributed by atoms with Crippen LogP contribution in [0.1, 0.15) is 98.5 Å². The maximum Gasteiger partial charge on any atom is 0.326 e. The topological polar surface area (TPSA) is 360 Å². The highest BCUT2D eigenvalue weighted by Crippen LogP contribution is 2.30. The van der Waals surface area contributed by atoms with Crippen LogP contribution in [-0.2, 0) is 121 Å². The zero-order valence-corrected chi connectivity index (χ0v) is 77.8. The molecule has 712 valence electrons. The number of carboxylic acid groups (broad SMARTS) is 1. The Hall–Kier alpha value is -15.0. The molecule has 3 heterocycles. The number of rotatable bonds is 20. The smallest absolute Gasteiger partial charge is 0.326 e. The van der Waals surface area contributed by atoms with Crippen LogP contribution >= 0.6 is 0 Å². The van der Waals surface area contributed by atoms with Gasteiger partial charge in [0.25, 0.3) is 0 Å². The molecule has 0 spiro atoms. The number of fused-ring (bicyclic) bond motifs is 12. The van der Waals surface area contributed by atoms with Crippen LogP contribution in [0.15, 0.2) is 315 Å². The molecule has 12 aromatic rings. The van der Waals surface area contributed by atoms with Gasteiger partial charge in [-0.05, 0) is 232 Å². The summed E-state index contributed by atoms with van der Waals surface area (Å²) in [5.41, 5.74) is 19.1. The number of amides is 8. The standard InChI is InChI=1S/C37H40N4O4.C36H38N4O4.C29H31N3O5.C8H11N.CH3F/c1-25-14-16-27(17-15-25)24-39-35(42)34-23-29-11-7-13-31(21-29)45-30-12-6-10-28(20-30)22-33(38-2)37(44)40-32(36(43)41-34)19-18-26-8-4-3-5-9-26;1-37-32-22-27-14-8-16-29(20-27)44-30-17-9-15-28(21-30)23-33(34(41)38-24-26-12-6-3-7-13-26)40-35(42)31(39-36(32)43)19-18-25-10-4-2-5-11-25;1-30-25-17-20-9-5-11-22(15-20)37-23-12-6-10-21(16-23)18-26(29(35)36)32-27(33)24(31-28(25)34)14-13-19-7-3-2-4-8-19;1-7-2-4-8(6-9)5-3-7;1-2/h3-17,20-21,32-34,38H,18-19,22-24H2,1-2H3,(H,39,42)(H,40,44)(H,41,43);2-17,20-21,31-33,37H,18-19,22-24H2,1H3,(H,38,41)(H,39,43)(H,40,42);2-12,15-16,24-26,30H,13-14,17-18H2,1H3,(H,31,34)(H,32,33)(H,35,36);2-5H,6,9H2,1H3;1H3/t32-,33-,34-;31-,32-,33-;24-,25-,26-;;/m000../s1/i;;;;1D. The number of likely N-dealkylation sites (N-methyl/N-ethyl adjacent to an activating group) is 3. The van der Waals surface area contributed by atoms with E-state index >= 15 is 0 Å². The van der Waals surface area contributed by atoms with Crippen molar-refractivity contribution in [3.63, 3.8) is 0 Å². The summed E-state index contributed by atoms with van der Waals surface area (Å²) in [6, 6.07) is 92.7. The number of benzene rings is 12. The molecule has 3 aliphatic rings. The summed E-state index contributed by atoms with van der Waals surface area (Å²) < 4.78 is 33.8. The average Bonchev–Trinajstić information content (AvgIpc) is 0.845. The second-order valence-corrected chi connectivity index (χ2v) is 33.8. The monoisotopic (exact) mass is 1850 g/mol. The summed E-state index contributed by atoms with van der Waals surface area (Å²) in [4.78, 5) is 121. The maximum atomic E-state index is 13.9. The van der Waals surface area contributed by atoms with Crippen LogP contribution in [0.3, 0.4) is 0 Å². The van der Waals surface area contributed by atoms with Gasteiger partial charge < -0.3 is 83.5 Å². The van der Waals surface area contributed by atoms with Gasteiger partial charge in [0.2, 0.25) is 47.3 Å². The van der Waals surface area contributed by atoms with Crippen LogP contribution in [0.5, 0.6) is 34.5 Å². The molecule has 12 bridgehead atoms. The van der Waals surface area contributed by atoms with Gasteiger partial charge in [0.15, 0.2) is 0 Å². The minimum atomic E-state index is -1.17. The predicted octanol–water partition coefficient (Wildman–Crippen LogP) is 13.4. The van der Waals surface area contributed by atoms with Crippen LogP contribution in [0.2, 0.25) is 0 Å². The fourth-order valence-electron chi connectivity index (χ4n) is 15.8. The number of aryl methyl sites for hydroxylation is 5. The van der Waals surface area contributed by atoms with E-state index in [1.165, 1.54) is 11.1 Å². The van der Waals surface area contributed by atoms with Crippen molar-refractivity contribution in [3.05, 3.63) is 393 Å². The summed E-state index contributed by atoms with van der Waals surface area (Å²) in [7, 11) is 4.14. The Bertz CT molecular complexity index is 5940. The Kier molecular flexibility index (Phi) is 39.7. The van der Waals surface area contributed by atoms with Crippen molar-refractivity contribution in [1.82, 2.24) is 58.5 Å². The zero-order chi connectivity index (χ0) is 97.9. The van der Waals surface area contributed by atoms with Gasteiger partial charge in [-0.15, -0.1) is 0 Å². The molecular formula is C111H123FN12O13. The van der Waals surface area contributed by atoms with E-state index in [9.17, 15) is 52.6 Å². The lowest BCUT2D eigenvalue weighted by molar-refractivity contribution is -0.142. The molecule has 0 unspecified atom stereocenters. The third-order valence-corrected chi connectivity index (χ3v) is 23.5. The van der Waals surface area contributed by atoms with Crippen molar-refractivity contribution in [3.8, 4) is 34.5 Å². The van der Waals surface area contributed by atoms with Gasteiger partial charge in [0.05, 0.1) is 26.6 Å². The predicted molar refractivity (Wildman–Crippen MR) is 531 cm³/mol. The maximum absolute atomic E-state index is 13.9. The summed E-state index contributed by atoms with van der Waals surface area (Å²) in [5, 5.41) is 42.4. The van der Waals surface area contributed by atoms with Crippen LogP contribution in [0.25, 0.3) is 0 Å². The normalized spacial score (nSPS) is 18.4. The van der Waals surface area contributed by atoms with E-state index in [1.54, 1.807) is 45.4 Å². The quantitative estimate of drug-likeness (QED) is 0.0337. The Morgan fingerprint density at radius 2 is 0.584 bits per heavy atom. The number of carbonyl (C=O) groups is 9. The highest BCUT2D eigenvalue weighted by molar-refractivity contribution is 5.95. The second-order valence-electron chi connectivity index (χ2n) is 33.8. The van der Waals surface area contributed by atoms with E-state index in [-0.39, 0.29) is 48.8 Å². The van der Waals surface area contributed by atoms with Crippen LogP contribution in [0.4, 0.5) is 4.39 Å². The van der Waals surface area contributed by atoms with Gasteiger partial charge in [-0.3, -0.25) is 42.7 Å². The highest BCUT2D eigenvalue weighted by atomic mass is 19.1. The number of halogens is 1. The number of hydrogen-bond donors (Lipinski definition) is 13. The number of nitrogens with one attached hydrogen (secondary N) is 11. The molecule has 26 heteroatoms. The minimum absolute atomic E-state index is 0.0663. The Morgan fingerprint density at radius 3 is 0.854 bits per heavy atom. The zero-order valence-electron chi connectivity index (χ0n) is 78.8. The van der Waals surface area contributed by atoms with Crippen molar-refractivity contribution in [1.29, 1.82) is 0 Å². The fourth-order valence-corrected chi connectivity index (χ4v) is 15.8. The Labute approximate surface area is 802 Å². The van der Waals surface area contributed by atoms with Gasteiger partial charge in [-0.25, -0.2) is 4.79 Å². The minimum Gasteiger partial charge on any atom is -0.480 e. The first-order chi connectivity index (χ1) is 67.0. The van der Waals surface area contributed by atoms with Gasteiger partial charge in [0, 0.05) is 38.9 Å². The van der Waals surface area contributed by atoms with Gasteiger partial charge in [-0.2, -0.15) is 0 Å². The van der Waals surface area contributed by atoms with Crippen molar-refractivity contribution >= 4 is 53.2 Å². The van der Waals surface area contributed by atoms with E-state index in [0.717, 1.165) is 61.2 Å². The SMILES string of the molecule is CN[C@H]1Cc2cccc(c2)Oc2cccc(c2)C[C@@H](C(=O)NCc2ccc(C)cc2)NC(=O)[C@H](CCc2ccccc2)NC1=O.CN[C@H]1Cc2cccc(c2)Oc2cccc(c2)C[C@@H](C(=O)NCc2ccccc2)NC(=O)[C@H](CCc2ccccc2)NC1=O.CN[C@H]1Cc2cccc(c2)Oc2cccc(c2)C[C@@H](C(=O)O)NC(=O)[C@H](CCc2ccccc2)NC1=O.Cc1ccc(CN)cc1.[2H]CF. The van der Waals surface area contributed by atoms with Gasteiger partial charge >= 0.3 is 5.97 Å². The summed E-state index contributed by atoms with van der Waals surface area (Å²) in [6.45, 7) is 5.37. The van der Waals surface area contributed by atoms with E-state index in [1.807, 2.05) is 274 Å². The van der Waals surface area contributed by atoms with E-state index in [4.69, 9.17) is 21.3 Å². The average molecular weight is 1850 g/mol. The molecule has 0 aliphatic carbocycles. The van der Waals surface area contributed by atoms with E-state index in [0.29, 0.717) is 117 Å². The molecule has 8 amide bonds. The van der Waals surface area contributed by atoms with Gasteiger partial charge in [-0.1, -0.05) is 254 Å². The molecule has 12 aromatic carbocycles. The molecule has 25 nitrogen and oxygen atoms in total. The first-order valence-corrected chi connectivity index (χ1v) is 46.0. The molecule has 14 N–H and O–H groups in total. The third-order valence-electron chi connectivity index (χ3n) is 23.5. The number of ether oxygens (including phenoxy) is 3. The van der Waals surface area contributed by atoms with Crippen LogP contribution in [-0.4, -0.2) is 141 Å². The first kappa shape index (κ1) is 101. The summed E-state index contributed by atoms with van der Waals surface area (Å²) in [6.07, 6.45) is 4.48. The Morgan fingerprint density at radius 1 is 0.336 bits per heavy atom. The van der Waals surface area contributed by atoms with E-state index < -0.39 is 85.2 Å². The molecular weight excluding hydrogens is 1730 g/mol. The number of carboxylic acids is 1. The molecule has 0 aromatic heterocycles. The summed E-state index contributed by atoms with van der Waals surface area (Å²) in [5.74, 6) is -0.386. The van der Waals surface area contributed by atoms with Crippen molar-refractivity contribution in [2.24, 2.45) is 5.73 Å². The molecule has 15 rings (SSSR count). The molecule has 137 heavy (non-hydrogen) atoms. The summed E-state index contributed by atoms with van der Waals surface area (Å²) >= 11 is 0. The van der Waals surface area contributed by atoms with E-state index in [2.05, 4.69) is 89.7 Å². The fraction of sp³-hybridized carbons (Fsp3) is 0.270. The van der Waals surface area contributed by atoms with Crippen LogP contribution in [0, 0.1) is 13.8 Å². The molecule has 0 fully saturated rings. The van der Waals surface area contributed by atoms with Crippen molar-refractivity contribution in [2.75, 3.05) is 28.3 Å². The van der Waals surface area contributed by atoms with Crippen LogP contribution < -0.4 is 78.4 Å². The number of alkyl halides is 1. The number of hydrogen-bond acceptors (Lipinski definition) is 16. The van der Waals surface area contributed by atoms with Crippen molar-refractivity contribution in [2.45, 2.75) is 165 Å². The molecule has 0 radical (unpaired) electrons. The molecule has 0 saturated carbocycles. The lowest BCUT2D eigenvalue weighted by atomic mass is 10.0. The lowest BCUT2D eigenvalue weighted by Gasteiger charge is -2.25. The molecule has 9 atom stereocenters. The number of nitrogens with two attached hydrogens (primary N) is 1. The molecule has 0 saturated heterocycles. The number of aliphatic carboxylic acids is 1. The Balaban J connectivity index is 0.000000187. The highest BCUT2D eigenvalue weighted by Gasteiger charge is 2.34. The molecule has 3 aliphatic heterocycles. The third kappa shape index (κ3) is 33.6. The number of carbonyl (C=O) groups excluding carboxylic acids is 8. The largest absolute Gasteiger partial charge is 0.480 e. The van der Waals surface area contributed by atoms with Gasteiger partial charge in [0.1, 0.15) is 70.7 Å². The second kappa shape index (κ2) is 53.8. The lowest BCUT2D eigenvalue weighted by Crippen LogP contribution is -2.56. The van der Waals surface area contributed by atoms with Crippen molar-refractivity contribution < 1.29 is 68.2 Å². The first-order valence-electron chi connectivity index (χ1n) is 46.7.